The fourth-order valence-corrected chi connectivity index (χ4v) is 4.43. The highest BCUT2D eigenvalue weighted by Crippen LogP contribution is 2.17. The molecule has 8 nitrogen and oxygen atoms in total. The molecule has 9 heteroatoms. The number of carbonyl (C=O) groups excluding carboxylic acids is 1. The second kappa shape index (κ2) is 8.66. The normalized spacial score (nSPS) is 15.6. The summed E-state index contributed by atoms with van der Waals surface area (Å²) in [7, 11) is -3.44. The molecule has 3 rings (SSSR count). The van der Waals surface area contributed by atoms with Gasteiger partial charge in [-0.25, -0.2) is 8.42 Å². The number of ether oxygens (including phenoxy) is 1. The number of furan rings is 1. The fraction of sp³-hybridized carbons (Fsp3) is 0.389. The van der Waals surface area contributed by atoms with Crippen LogP contribution in [-0.4, -0.2) is 44.9 Å². The molecule has 0 spiro atoms. The number of hydrogen-bond donors (Lipinski definition) is 2. The molecule has 0 aliphatic carbocycles. The Balaban J connectivity index is 1.67. The Labute approximate surface area is 158 Å². The van der Waals surface area contributed by atoms with Crippen LogP contribution in [0.15, 0.2) is 41.0 Å². The van der Waals surface area contributed by atoms with Crippen molar-refractivity contribution in [2.75, 3.05) is 26.3 Å². The molecule has 1 aliphatic rings. The minimum Gasteiger partial charge on any atom is -0.467 e. The quantitative estimate of drug-likeness (QED) is 0.720. The number of nitrogens with zero attached hydrogens (tertiary/aromatic N) is 1. The van der Waals surface area contributed by atoms with Gasteiger partial charge in [0.1, 0.15) is 12.0 Å². The summed E-state index contributed by atoms with van der Waals surface area (Å²) >= 11 is 0. The standard InChI is InChI=1S/C18H23N3O5S/c19-10-17-9-16(12-26-17)18(22)20-11-14-3-1-2-4-15(14)13-27(23,24)21-5-7-25-8-6-21/h1-4,9,12H,5-8,10-11,13,19H2,(H,20,22). The van der Waals surface area contributed by atoms with Crippen LogP contribution in [0, 0.1) is 0 Å². The molecule has 0 radical (unpaired) electrons. The van der Waals surface area contributed by atoms with E-state index in [4.69, 9.17) is 14.9 Å². The summed E-state index contributed by atoms with van der Waals surface area (Å²) in [5.74, 6) is 0.115. The molecule has 1 aromatic heterocycles. The van der Waals surface area contributed by atoms with E-state index < -0.39 is 10.0 Å². The first-order valence-corrected chi connectivity index (χ1v) is 10.3. The van der Waals surface area contributed by atoms with Crippen LogP contribution in [0.1, 0.15) is 27.2 Å². The summed E-state index contributed by atoms with van der Waals surface area (Å²) < 4.78 is 37.2. The van der Waals surface area contributed by atoms with E-state index in [0.29, 0.717) is 43.2 Å². The predicted molar refractivity (Wildman–Crippen MR) is 99.2 cm³/mol. The lowest BCUT2D eigenvalue weighted by Gasteiger charge is -2.26. The zero-order valence-corrected chi connectivity index (χ0v) is 15.7. The van der Waals surface area contributed by atoms with Gasteiger partial charge in [-0.1, -0.05) is 24.3 Å². The second-order valence-electron chi connectivity index (χ2n) is 6.22. The molecule has 146 valence electrons. The van der Waals surface area contributed by atoms with E-state index in [1.165, 1.54) is 10.6 Å². The van der Waals surface area contributed by atoms with Crippen molar-refractivity contribution in [3.8, 4) is 0 Å². The number of amides is 1. The molecule has 1 saturated heterocycles. The molecule has 1 amide bonds. The van der Waals surface area contributed by atoms with Gasteiger partial charge in [0.15, 0.2) is 0 Å². The van der Waals surface area contributed by atoms with E-state index in [2.05, 4.69) is 5.32 Å². The van der Waals surface area contributed by atoms with Crippen LogP contribution >= 0.6 is 0 Å². The average molecular weight is 393 g/mol. The summed E-state index contributed by atoms with van der Waals surface area (Å²) in [6, 6.07) is 8.77. The highest BCUT2D eigenvalue weighted by Gasteiger charge is 2.25. The minimum absolute atomic E-state index is 0.109. The Hall–Kier alpha value is -2.20. The first kappa shape index (κ1) is 19.6. The van der Waals surface area contributed by atoms with Crippen molar-refractivity contribution in [3.63, 3.8) is 0 Å². The van der Waals surface area contributed by atoms with Gasteiger partial charge < -0.3 is 20.2 Å². The number of sulfonamides is 1. The van der Waals surface area contributed by atoms with Gasteiger partial charge in [-0.2, -0.15) is 4.31 Å². The average Bonchev–Trinajstić information content (AvgIpc) is 3.17. The van der Waals surface area contributed by atoms with E-state index >= 15 is 0 Å². The Morgan fingerprint density at radius 1 is 1.19 bits per heavy atom. The largest absolute Gasteiger partial charge is 0.467 e. The molecule has 0 saturated carbocycles. The van der Waals surface area contributed by atoms with Crippen LogP contribution < -0.4 is 11.1 Å². The molecule has 27 heavy (non-hydrogen) atoms. The third kappa shape index (κ3) is 4.95. The monoisotopic (exact) mass is 393 g/mol. The molecule has 1 aromatic carbocycles. The van der Waals surface area contributed by atoms with Crippen LogP contribution in [0.4, 0.5) is 0 Å². The molecule has 0 bridgehead atoms. The molecular formula is C18H23N3O5S. The van der Waals surface area contributed by atoms with Crippen molar-refractivity contribution in [3.05, 3.63) is 59.0 Å². The first-order chi connectivity index (χ1) is 13.0. The summed E-state index contributed by atoms with van der Waals surface area (Å²) in [6.45, 7) is 1.99. The number of nitrogens with two attached hydrogens (primary N) is 1. The van der Waals surface area contributed by atoms with Crippen molar-refractivity contribution in [2.45, 2.75) is 18.8 Å². The number of morpholine rings is 1. The van der Waals surface area contributed by atoms with Crippen molar-refractivity contribution in [2.24, 2.45) is 5.73 Å². The Morgan fingerprint density at radius 3 is 2.56 bits per heavy atom. The SMILES string of the molecule is NCc1cc(C(=O)NCc2ccccc2CS(=O)(=O)N2CCOCC2)co1. The molecule has 2 heterocycles. The van der Waals surface area contributed by atoms with E-state index in [1.54, 1.807) is 18.2 Å². The van der Waals surface area contributed by atoms with Crippen molar-refractivity contribution in [1.29, 1.82) is 0 Å². The second-order valence-corrected chi connectivity index (χ2v) is 8.19. The van der Waals surface area contributed by atoms with Crippen LogP contribution in [0.2, 0.25) is 0 Å². The number of benzene rings is 1. The minimum atomic E-state index is -3.44. The van der Waals surface area contributed by atoms with Crippen LogP contribution in [-0.2, 0) is 33.6 Å². The van der Waals surface area contributed by atoms with Gasteiger partial charge in [0.05, 0.1) is 31.1 Å². The third-order valence-electron chi connectivity index (χ3n) is 4.38. The summed E-state index contributed by atoms with van der Waals surface area (Å²) in [5.41, 5.74) is 7.28. The maximum absolute atomic E-state index is 12.7. The van der Waals surface area contributed by atoms with Crippen molar-refractivity contribution < 1.29 is 22.4 Å². The topological polar surface area (TPSA) is 115 Å². The zero-order valence-electron chi connectivity index (χ0n) is 14.9. The van der Waals surface area contributed by atoms with Gasteiger partial charge in [0.2, 0.25) is 10.0 Å². The number of hydrogen-bond acceptors (Lipinski definition) is 6. The number of carbonyl (C=O) groups is 1. The highest BCUT2D eigenvalue weighted by atomic mass is 32.2. The lowest BCUT2D eigenvalue weighted by atomic mass is 10.1. The van der Waals surface area contributed by atoms with Gasteiger partial charge in [0.25, 0.3) is 5.91 Å². The van der Waals surface area contributed by atoms with E-state index in [9.17, 15) is 13.2 Å². The Kier molecular flexibility index (Phi) is 6.27. The third-order valence-corrected chi connectivity index (χ3v) is 6.20. The molecule has 1 aliphatic heterocycles. The molecule has 3 N–H and O–H groups in total. The van der Waals surface area contributed by atoms with Crippen LogP contribution in [0.3, 0.4) is 0 Å². The zero-order chi connectivity index (χ0) is 19.3. The van der Waals surface area contributed by atoms with Gasteiger partial charge in [0, 0.05) is 19.6 Å². The van der Waals surface area contributed by atoms with Crippen molar-refractivity contribution >= 4 is 15.9 Å². The molecule has 0 atom stereocenters. The van der Waals surface area contributed by atoms with Gasteiger partial charge in [-0.05, 0) is 17.2 Å². The maximum atomic E-state index is 12.7. The van der Waals surface area contributed by atoms with Gasteiger partial charge in [-0.15, -0.1) is 0 Å². The molecular weight excluding hydrogens is 370 g/mol. The molecule has 2 aromatic rings. The van der Waals surface area contributed by atoms with E-state index in [0.717, 1.165) is 5.56 Å². The summed E-state index contributed by atoms with van der Waals surface area (Å²) in [4.78, 5) is 12.2. The molecule has 0 unspecified atom stereocenters. The Morgan fingerprint density at radius 2 is 1.89 bits per heavy atom. The lowest BCUT2D eigenvalue weighted by molar-refractivity contribution is 0.0729. The van der Waals surface area contributed by atoms with E-state index in [-0.39, 0.29) is 24.7 Å². The van der Waals surface area contributed by atoms with Crippen LogP contribution in [0.5, 0.6) is 0 Å². The smallest absolute Gasteiger partial charge is 0.254 e. The fourth-order valence-electron chi connectivity index (χ4n) is 2.87. The van der Waals surface area contributed by atoms with Crippen LogP contribution in [0.25, 0.3) is 0 Å². The number of nitrogens with one attached hydrogen (secondary N) is 1. The first-order valence-electron chi connectivity index (χ1n) is 8.67. The maximum Gasteiger partial charge on any atom is 0.254 e. The Bertz CT molecular complexity index is 888. The van der Waals surface area contributed by atoms with Crippen molar-refractivity contribution in [1.82, 2.24) is 9.62 Å². The van der Waals surface area contributed by atoms with E-state index in [1.807, 2.05) is 12.1 Å². The number of rotatable bonds is 7. The lowest BCUT2D eigenvalue weighted by Crippen LogP contribution is -2.41. The highest BCUT2D eigenvalue weighted by molar-refractivity contribution is 7.88. The van der Waals surface area contributed by atoms with Gasteiger partial charge >= 0.3 is 0 Å². The summed E-state index contributed by atoms with van der Waals surface area (Å²) in [5, 5.41) is 2.79. The predicted octanol–water partition coefficient (Wildman–Crippen LogP) is 0.830. The van der Waals surface area contributed by atoms with Gasteiger partial charge in [-0.3, -0.25) is 4.79 Å². The summed E-state index contributed by atoms with van der Waals surface area (Å²) in [6.07, 6.45) is 1.35. The molecule has 1 fully saturated rings.